The zero-order chi connectivity index (χ0) is 14.6. The van der Waals surface area contributed by atoms with Gasteiger partial charge in [-0.05, 0) is 65.0 Å². The highest BCUT2D eigenvalue weighted by Crippen LogP contribution is 2.21. The lowest BCUT2D eigenvalue weighted by Gasteiger charge is -2.38. The molecule has 0 aliphatic carbocycles. The van der Waals surface area contributed by atoms with E-state index in [4.69, 9.17) is 0 Å². The van der Waals surface area contributed by atoms with Crippen molar-refractivity contribution in [1.82, 2.24) is 15.2 Å². The van der Waals surface area contributed by atoms with Gasteiger partial charge in [-0.25, -0.2) is 13.4 Å². The van der Waals surface area contributed by atoms with Crippen molar-refractivity contribution < 1.29 is 8.42 Å². The van der Waals surface area contributed by atoms with Crippen LogP contribution in [-0.2, 0) is 10.0 Å². The Morgan fingerprint density at radius 3 is 2.30 bits per heavy atom. The van der Waals surface area contributed by atoms with Crippen molar-refractivity contribution in [2.45, 2.75) is 64.5 Å². The number of rotatable bonds is 5. The first-order chi connectivity index (χ1) is 9.48. The van der Waals surface area contributed by atoms with Crippen LogP contribution in [0.15, 0.2) is 0 Å². The predicted molar refractivity (Wildman–Crippen MR) is 81.7 cm³/mol. The number of hydrazine groups is 1. The van der Waals surface area contributed by atoms with E-state index in [0.29, 0.717) is 18.0 Å². The van der Waals surface area contributed by atoms with Gasteiger partial charge in [0.05, 0.1) is 5.75 Å². The Labute approximate surface area is 123 Å². The molecule has 0 aromatic rings. The average Bonchev–Trinajstić information content (AvgIpc) is 2.42. The lowest BCUT2D eigenvalue weighted by atomic mass is 9.96. The Morgan fingerprint density at radius 1 is 1.10 bits per heavy atom. The number of sulfonamides is 1. The summed E-state index contributed by atoms with van der Waals surface area (Å²) in [5.41, 5.74) is 0. The van der Waals surface area contributed by atoms with E-state index in [-0.39, 0.29) is 5.75 Å². The van der Waals surface area contributed by atoms with Crippen LogP contribution in [0.3, 0.4) is 0 Å². The summed E-state index contributed by atoms with van der Waals surface area (Å²) in [7, 11) is -3.19. The number of nitrogens with zero attached hydrogens (tertiary/aromatic N) is 1. The van der Waals surface area contributed by atoms with Crippen molar-refractivity contribution in [2.75, 3.05) is 18.8 Å². The third-order valence-electron chi connectivity index (χ3n) is 4.69. The second kappa shape index (κ2) is 7.20. The summed E-state index contributed by atoms with van der Waals surface area (Å²) < 4.78 is 24.5. The molecule has 2 N–H and O–H groups in total. The third kappa shape index (κ3) is 4.69. The van der Waals surface area contributed by atoms with Crippen LogP contribution < -0.4 is 10.1 Å². The van der Waals surface area contributed by atoms with Crippen LogP contribution in [0.5, 0.6) is 0 Å². The van der Waals surface area contributed by atoms with Gasteiger partial charge in [-0.3, -0.25) is 0 Å². The lowest BCUT2D eigenvalue weighted by Crippen LogP contribution is -2.54. The van der Waals surface area contributed by atoms with E-state index in [1.165, 1.54) is 6.42 Å². The summed E-state index contributed by atoms with van der Waals surface area (Å²) in [5, 5.41) is 5.26. The highest BCUT2D eigenvalue weighted by atomic mass is 32.2. The quantitative estimate of drug-likeness (QED) is 0.807. The zero-order valence-electron chi connectivity index (χ0n) is 12.8. The van der Waals surface area contributed by atoms with Crippen LogP contribution in [0.2, 0.25) is 0 Å². The molecule has 2 unspecified atom stereocenters. The Hall–Kier alpha value is -0.170. The third-order valence-corrected chi connectivity index (χ3v) is 5.95. The van der Waals surface area contributed by atoms with Crippen molar-refractivity contribution in [3.8, 4) is 0 Å². The van der Waals surface area contributed by atoms with Crippen LogP contribution in [-0.4, -0.2) is 44.4 Å². The smallest absolute Gasteiger partial charge is 0.224 e. The van der Waals surface area contributed by atoms with Gasteiger partial charge < -0.3 is 5.32 Å². The molecule has 2 aliphatic heterocycles. The van der Waals surface area contributed by atoms with E-state index in [2.05, 4.69) is 24.0 Å². The molecule has 2 heterocycles. The topological polar surface area (TPSA) is 61.4 Å². The summed E-state index contributed by atoms with van der Waals surface area (Å²) in [4.78, 5) is 2.82. The molecule has 0 amide bonds. The lowest BCUT2D eigenvalue weighted by molar-refractivity contribution is 0.0789. The number of hydrogen-bond acceptors (Lipinski definition) is 4. The maximum atomic E-state index is 12.3. The molecule has 2 atom stereocenters. The highest BCUT2D eigenvalue weighted by Gasteiger charge is 2.28. The summed E-state index contributed by atoms with van der Waals surface area (Å²) in [6, 6.07) is 0.597. The molecular formula is C14H29N3O2S. The first-order valence-electron chi connectivity index (χ1n) is 7.97. The largest absolute Gasteiger partial charge is 0.317 e. The van der Waals surface area contributed by atoms with Gasteiger partial charge in [-0.2, -0.15) is 0 Å². The standard InChI is InChI=1S/C14H29N3O2S/c1-12-4-3-5-13(2)17(12)16-20(18,19)11-8-14-6-9-15-10-7-14/h12-16H,3-11H2,1-2H3. The fourth-order valence-corrected chi connectivity index (χ4v) is 4.72. The van der Waals surface area contributed by atoms with Gasteiger partial charge in [0.2, 0.25) is 10.0 Å². The summed E-state index contributed by atoms with van der Waals surface area (Å²) in [5.74, 6) is 0.817. The molecule has 20 heavy (non-hydrogen) atoms. The van der Waals surface area contributed by atoms with Crippen LogP contribution in [0.4, 0.5) is 0 Å². The monoisotopic (exact) mass is 303 g/mol. The Morgan fingerprint density at radius 2 is 1.70 bits per heavy atom. The highest BCUT2D eigenvalue weighted by molar-refractivity contribution is 7.89. The van der Waals surface area contributed by atoms with Crippen molar-refractivity contribution in [1.29, 1.82) is 0 Å². The first-order valence-corrected chi connectivity index (χ1v) is 9.62. The molecular weight excluding hydrogens is 274 g/mol. The number of nitrogens with one attached hydrogen (secondary N) is 2. The minimum absolute atomic E-state index is 0.258. The van der Waals surface area contributed by atoms with Gasteiger partial charge >= 0.3 is 0 Å². The molecule has 0 bridgehead atoms. The van der Waals surface area contributed by atoms with Gasteiger partial charge in [0.1, 0.15) is 0 Å². The van der Waals surface area contributed by atoms with E-state index in [0.717, 1.165) is 45.2 Å². The van der Waals surface area contributed by atoms with E-state index in [1.807, 2.05) is 5.01 Å². The minimum Gasteiger partial charge on any atom is -0.317 e. The molecule has 0 saturated carbocycles. The van der Waals surface area contributed by atoms with Crippen molar-refractivity contribution >= 4 is 10.0 Å². The predicted octanol–water partition coefficient (Wildman–Crippen LogP) is 1.47. The average molecular weight is 303 g/mol. The zero-order valence-corrected chi connectivity index (χ0v) is 13.6. The van der Waals surface area contributed by atoms with Crippen LogP contribution in [0, 0.1) is 5.92 Å². The van der Waals surface area contributed by atoms with Crippen molar-refractivity contribution in [2.24, 2.45) is 5.92 Å². The second-order valence-corrected chi connectivity index (χ2v) is 8.25. The van der Waals surface area contributed by atoms with Crippen molar-refractivity contribution in [3.05, 3.63) is 0 Å². The summed E-state index contributed by atoms with van der Waals surface area (Å²) in [6.07, 6.45) is 6.32. The van der Waals surface area contributed by atoms with Crippen LogP contribution >= 0.6 is 0 Å². The van der Waals surface area contributed by atoms with Gasteiger partial charge in [-0.1, -0.05) is 6.42 Å². The Kier molecular flexibility index (Phi) is 5.84. The molecule has 118 valence electrons. The Bertz CT molecular complexity index is 383. The minimum atomic E-state index is -3.19. The second-order valence-electron chi connectivity index (χ2n) is 6.43. The van der Waals surface area contributed by atoms with Gasteiger partial charge in [0.25, 0.3) is 0 Å². The normalized spacial score (nSPS) is 30.5. The molecule has 0 spiro atoms. The maximum Gasteiger partial charge on any atom is 0.224 e. The SMILES string of the molecule is CC1CCCC(C)N1NS(=O)(=O)CCC1CCNCC1. The summed E-state index contributed by atoms with van der Waals surface area (Å²) >= 11 is 0. The van der Waals surface area contributed by atoms with Gasteiger partial charge in [0.15, 0.2) is 0 Å². The molecule has 2 aliphatic rings. The number of piperidine rings is 2. The molecule has 2 fully saturated rings. The van der Waals surface area contributed by atoms with E-state index >= 15 is 0 Å². The van der Waals surface area contributed by atoms with E-state index < -0.39 is 10.0 Å². The molecule has 5 nitrogen and oxygen atoms in total. The van der Waals surface area contributed by atoms with Crippen LogP contribution in [0.1, 0.15) is 52.4 Å². The molecule has 6 heteroatoms. The molecule has 2 rings (SSSR count). The molecule has 0 aromatic heterocycles. The molecule has 2 saturated heterocycles. The van der Waals surface area contributed by atoms with Gasteiger partial charge in [-0.15, -0.1) is 4.83 Å². The summed E-state index contributed by atoms with van der Waals surface area (Å²) in [6.45, 7) is 6.26. The maximum absolute atomic E-state index is 12.3. The van der Waals surface area contributed by atoms with Crippen molar-refractivity contribution in [3.63, 3.8) is 0 Å². The number of hydrogen-bond donors (Lipinski definition) is 2. The first kappa shape index (κ1) is 16.2. The van der Waals surface area contributed by atoms with E-state index in [9.17, 15) is 8.42 Å². The fraction of sp³-hybridized carbons (Fsp3) is 1.00. The molecule has 0 radical (unpaired) electrons. The van der Waals surface area contributed by atoms with E-state index in [1.54, 1.807) is 0 Å². The van der Waals surface area contributed by atoms with Crippen LogP contribution in [0.25, 0.3) is 0 Å². The molecule has 0 aromatic carbocycles. The Balaban J connectivity index is 1.83. The van der Waals surface area contributed by atoms with Gasteiger partial charge in [0, 0.05) is 12.1 Å². The fourth-order valence-electron chi connectivity index (χ4n) is 3.30.